The monoisotopic (exact) mass is 219 g/mol. The Balaban J connectivity index is 1.98. The van der Waals surface area contributed by atoms with Crippen molar-refractivity contribution < 1.29 is 0 Å². The minimum absolute atomic E-state index is 0.309. The van der Waals surface area contributed by atoms with Crippen LogP contribution >= 0.6 is 0 Å². The van der Waals surface area contributed by atoms with Gasteiger partial charge in [0.15, 0.2) is 0 Å². The van der Waals surface area contributed by atoms with Gasteiger partial charge in [-0.2, -0.15) is 0 Å². The molecule has 3 N–H and O–H groups in total. The second kappa shape index (κ2) is 4.83. The summed E-state index contributed by atoms with van der Waals surface area (Å²) in [6.45, 7) is 3.83. The summed E-state index contributed by atoms with van der Waals surface area (Å²) in [5, 5.41) is 3.46. The van der Waals surface area contributed by atoms with E-state index in [0.29, 0.717) is 5.41 Å². The van der Waals surface area contributed by atoms with Crippen molar-refractivity contribution >= 4 is 5.82 Å². The van der Waals surface area contributed by atoms with Crippen LogP contribution in [0.5, 0.6) is 0 Å². The van der Waals surface area contributed by atoms with E-state index in [0.717, 1.165) is 18.9 Å². The summed E-state index contributed by atoms with van der Waals surface area (Å²) in [5.74, 6) is 1.00. The standard InChI is InChI=1S/C13H21N3/c1-11-5-4-8-15-12(11)16-10-13(9-14)6-2-3-7-13/h4-5,8H,2-3,6-7,9-10,14H2,1H3,(H,15,16). The van der Waals surface area contributed by atoms with Gasteiger partial charge < -0.3 is 11.1 Å². The van der Waals surface area contributed by atoms with Crippen molar-refractivity contribution in [1.29, 1.82) is 0 Å². The van der Waals surface area contributed by atoms with Crippen LogP contribution in [0, 0.1) is 12.3 Å². The van der Waals surface area contributed by atoms with E-state index >= 15 is 0 Å². The van der Waals surface area contributed by atoms with Gasteiger partial charge in [0.2, 0.25) is 0 Å². The summed E-state index contributed by atoms with van der Waals surface area (Å²) >= 11 is 0. The fraction of sp³-hybridized carbons (Fsp3) is 0.615. The SMILES string of the molecule is Cc1cccnc1NCC1(CN)CCCC1. The lowest BCUT2D eigenvalue weighted by molar-refractivity contribution is 0.332. The van der Waals surface area contributed by atoms with Crippen LogP contribution in [-0.4, -0.2) is 18.1 Å². The van der Waals surface area contributed by atoms with Crippen molar-refractivity contribution in [3.05, 3.63) is 23.9 Å². The summed E-state index contributed by atoms with van der Waals surface area (Å²) in [7, 11) is 0. The van der Waals surface area contributed by atoms with Gasteiger partial charge in [-0.15, -0.1) is 0 Å². The lowest BCUT2D eigenvalue weighted by Gasteiger charge is -2.27. The molecular formula is C13H21N3. The molecule has 1 aromatic rings. The first-order chi connectivity index (χ1) is 7.76. The summed E-state index contributed by atoms with van der Waals surface area (Å²) in [6, 6.07) is 4.05. The fourth-order valence-corrected chi connectivity index (χ4v) is 2.52. The summed E-state index contributed by atoms with van der Waals surface area (Å²) in [6.07, 6.45) is 6.98. The minimum Gasteiger partial charge on any atom is -0.369 e. The summed E-state index contributed by atoms with van der Waals surface area (Å²) in [4.78, 5) is 4.35. The number of nitrogens with two attached hydrogens (primary N) is 1. The lowest BCUT2D eigenvalue weighted by Crippen LogP contribution is -2.34. The number of anilines is 1. The zero-order valence-corrected chi connectivity index (χ0v) is 10.00. The molecule has 1 aromatic heterocycles. The van der Waals surface area contributed by atoms with Crippen LogP contribution in [0.15, 0.2) is 18.3 Å². The van der Waals surface area contributed by atoms with Gasteiger partial charge in [0.05, 0.1) is 0 Å². The Hall–Kier alpha value is -1.09. The van der Waals surface area contributed by atoms with Crippen molar-refractivity contribution in [2.24, 2.45) is 11.1 Å². The number of pyridine rings is 1. The lowest BCUT2D eigenvalue weighted by atomic mass is 9.86. The molecule has 0 bridgehead atoms. The smallest absolute Gasteiger partial charge is 0.128 e. The first kappa shape index (κ1) is 11.4. The molecule has 1 aliphatic carbocycles. The largest absolute Gasteiger partial charge is 0.369 e. The summed E-state index contributed by atoms with van der Waals surface area (Å²) < 4.78 is 0. The van der Waals surface area contributed by atoms with Gasteiger partial charge in [0.25, 0.3) is 0 Å². The number of nitrogens with one attached hydrogen (secondary N) is 1. The Morgan fingerprint density at radius 1 is 1.44 bits per heavy atom. The van der Waals surface area contributed by atoms with Crippen molar-refractivity contribution in [2.45, 2.75) is 32.6 Å². The number of aryl methyl sites for hydroxylation is 1. The number of hydrogen-bond acceptors (Lipinski definition) is 3. The molecule has 88 valence electrons. The molecule has 0 atom stereocenters. The first-order valence-electron chi connectivity index (χ1n) is 6.11. The van der Waals surface area contributed by atoms with Crippen LogP contribution in [0.1, 0.15) is 31.2 Å². The van der Waals surface area contributed by atoms with Crippen LogP contribution in [0.2, 0.25) is 0 Å². The topological polar surface area (TPSA) is 50.9 Å². The molecule has 0 unspecified atom stereocenters. The highest BCUT2D eigenvalue weighted by atomic mass is 15.0. The fourth-order valence-electron chi connectivity index (χ4n) is 2.52. The highest BCUT2D eigenvalue weighted by molar-refractivity contribution is 5.42. The van der Waals surface area contributed by atoms with E-state index in [4.69, 9.17) is 5.73 Å². The third kappa shape index (κ3) is 2.35. The van der Waals surface area contributed by atoms with Gasteiger partial charge in [0, 0.05) is 12.7 Å². The normalized spacial score (nSPS) is 18.6. The molecule has 3 nitrogen and oxygen atoms in total. The molecule has 0 spiro atoms. The van der Waals surface area contributed by atoms with E-state index in [1.54, 1.807) is 0 Å². The predicted molar refractivity (Wildman–Crippen MR) is 67.4 cm³/mol. The van der Waals surface area contributed by atoms with Gasteiger partial charge in [-0.05, 0) is 43.4 Å². The average molecular weight is 219 g/mol. The molecule has 16 heavy (non-hydrogen) atoms. The maximum absolute atomic E-state index is 5.91. The van der Waals surface area contributed by atoms with E-state index in [2.05, 4.69) is 23.3 Å². The Morgan fingerprint density at radius 2 is 2.19 bits per heavy atom. The number of rotatable bonds is 4. The maximum atomic E-state index is 5.91. The molecule has 0 saturated heterocycles. The molecule has 0 amide bonds. The van der Waals surface area contributed by atoms with Crippen molar-refractivity contribution in [3.8, 4) is 0 Å². The highest BCUT2D eigenvalue weighted by Crippen LogP contribution is 2.37. The van der Waals surface area contributed by atoms with Crippen molar-refractivity contribution in [3.63, 3.8) is 0 Å². The van der Waals surface area contributed by atoms with E-state index in [-0.39, 0.29) is 0 Å². The van der Waals surface area contributed by atoms with Gasteiger partial charge in [-0.1, -0.05) is 18.9 Å². The van der Waals surface area contributed by atoms with Crippen LogP contribution in [0.3, 0.4) is 0 Å². The van der Waals surface area contributed by atoms with E-state index < -0.39 is 0 Å². The molecule has 1 saturated carbocycles. The zero-order valence-electron chi connectivity index (χ0n) is 10.00. The van der Waals surface area contributed by atoms with Crippen LogP contribution < -0.4 is 11.1 Å². The van der Waals surface area contributed by atoms with Crippen molar-refractivity contribution in [1.82, 2.24) is 4.98 Å². The highest BCUT2D eigenvalue weighted by Gasteiger charge is 2.32. The molecule has 0 radical (unpaired) electrons. The third-order valence-electron chi connectivity index (χ3n) is 3.74. The molecule has 0 aromatic carbocycles. The van der Waals surface area contributed by atoms with E-state index in [1.165, 1.54) is 31.2 Å². The Morgan fingerprint density at radius 3 is 2.81 bits per heavy atom. The Bertz CT molecular complexity index is 343. The van der Waals surface area contributed by atoms with Crippen molar-refractivity contribution in [2.75, 3.05) is 18.4 Å². The van der Waals surface area contributed by atoms with E-state index in [1.807, 2.05) is 12.3 Å². The molecule has 1 fully saturated rings. The molecular weight excluding hydrogens is 198 g/mol. The second-order valence-corrected chi connectivity index (χ2v) is 4.93. The van der Waals surface area contributed by atoms with Crippen LogP contribution in [0.4, 0.5) is 5.82 Å². The number of nitrogens with zero attached hydrogens (tertiary/aromatic N) is 1. The van der Waals surface area contributed by atoms with Gasteiger partial charge in [-0.25, -0.2) is 4.98 Å². The van der Waals surface area contributed by atoms with Crippen LogP contribution in [-0.2, 0) is 0 Å². The quantitative estimate of drug-likeness (QED) is 0.817. The number of aromatic nitrogens is 1. The predicted octanol–water partition coefficient (Wildman–Crippen LogP) is 2.32. The average Bonchev–Trinajstić information content (AvgIpc) is 2.78. The Kier molecular flexibility index (Phi) is 3.44. The number of hydrogen-bond donors (Lipinski definition) is 2. The molecule has 3 heteroatoms. The third-order valence-corrected chi connectivity index (χ3v) is 3.74. The molecule has 1 heterocycles. The van der Waals surface area contributed by atoms with Gasteiger partial charge in [0.1, 0.15) is 5.82 Å². The molecule has 1 aliphatic rings. The minimum atomic E-state index is 0.309. The molecule has 0 aliphatic heterocycles. The van der Waals surface area contributed by atoms with Gasteiger partial charge in [-0.3, -0.25) is 0 Å². The van der Waals surface area contributed by atoms with Gasteiger partial charge >= 0.3 is 0 Å². The second-order valence-electron chi connectivity index (χ2n) is 4.93. The maximum Gasteiger partial charge on any atom is 0.128 e. The summed E-state index contributed by atoms with van der Waals surface area (Å²) in [5.41, 5.74) is 7.42. The molecule has 2 rings (SSSR count). The van der Waals surface area contributed by atoms with Crippen LogP contribution in [0.25, 0.3) is 0 Å². The Labute approximate surface area is 97.5 Å². The zero-order chi connectivity index (χ0) is 11.4. The first-order valence-corrected chi connectivity index (χ1v) is 6.11. The van der Waals surface area contributed by atoms with E-state index in [9.17, 15) is 0 Å².